The van der Waals surface area contributed by atoms with Crippen molar-refractivity contribution in [3.8, 4) is 0 Å². The van der Waals surface area contributed by atoms with Gasteiger partial charge in [-0.25, -0.2) is 0 Å². The van der Waals surface area contributed by atoms with E-state index < -0.39 is 17.4 Å². The molecule has 0 bridgehead atoms. The molecule has 98 valence electrons. The Hall–Kier alpha value is -2.36. The van der Waals surface area contributed by atoms with Crippen LogP contribution in [0.4, 0.5) is 0 Å². The molecule has 2 rings (SSSR count). The number of hydrogen-bond donors (Lipinski definition) is 2. The van der Waals surface area contributed by atoms with Crippen LogP contribution in [0.2, 0.25) is 0 Å². The van der Waals surface area contributed by atoms with E-state index in [0.29, 0.717) is 0 Å². The Balaban J connectivity index is 2.43. The van der Waals surface area contributed by atoms with Crippen molar-refractivity contribution in [2.45, 2.75) is 13.3 Å². The summed E-state index contributed by atoms with van der Waals surface area (Å²) in [6.07, 6.45) is 2.85. The molecule has 0 fully saturated rings. The van der Waals surface area contributed by atoms with Crippen LogP contribution in [0, 0.1) is 5.41 Å². The van der Waals surface area contributed by atoms with E-state index >= 15 is 0 Å². The lowest BCUT2D eigenvalue weighted by molar-refractivity contribution is -0.160. The van der Waals surface area contributed by atoms with Crippen LogP contribution in [0.3, 0.4) is 0 Å². The molecule has 0 unspecified atom stereocenters. The van der Waals surface area contributed by atoms with Crippen LogP contribution in [0.1, 0.15) is 18.9 Å². The maximum absolute atomic E-state index is 11.3. The van der Waals surface area contributed by atoms with Gasteiger partial charge in [0, 0.05) is 0 Å². The number of rotatable bonds is 3. The van der Waals surface area contributed by atoms with Crippen LogP contribution in [-0.2, 0) is 9.59 Å². The first-order valence-corrected chi connectivity index (χ1v) is 5.88. The van der Waals surface area contributed by atoms with Gasteiger partial charge >= 0.3 is 11.9 Å². The molecular weight excluding hydrogens is 244 g/mol. The van der Waals surface area contributed by atoms with E-state index in [1.807, 2.05) is 30.3 Å². The quantitative estimate of drug-likeness (QED) is 0.817. The van der Waals surface area contributed by atoms with Crippen molar-refractivity contribution in [2.24, 2.45) is 5.41 Å². The van der Waals surface area contributed by atoms with E-state index in [2.05, 4.69) is 0 Å². The molecule has 0 spiro atoms. The van der Waals surface area contributed by atoms with Gasteiger partial charge in [0.2, 0.25) is 0 Å². The van der Waals surface area contributed by atoms with Crippen LogP contribution in [0.25, 0.3) is 5.57 Å². The zero-order valence-electron chi connectivity index (χ0n) is 10.5. The van der Waals surface area contributed by atoms with Crippen molar-refractivity contribution >= 4 is 17.5 Å². The minimum absolute atomic E-state index is 0.0155. The van der Waals surface area contributed by atoms with Crippen molar-refractivity contribution < 1.29 is 19.8 Å². The summed E-state index contributed by atoms with van der Waals surface area (Å²) in [7, 11) is 0. The van der Waals surface area contributed by atoms with Gasteiger partial charge in [0.1, 0.15) is 0 Å². The molecule has 1 aliphatic carbocycles. The highest BCUT2D eigenvalue weighted by Gasteiger charge is 2.46. The fraction of sp³-hybridized carbons (Fsp3) is 0.200. The molecule has 0 saturated heterocycles. The number of benzene rings is 1. The maximum atomic E-state index is 11.3. The Morgan fingerprint density at radius 3 is 2.16 bits per heavy atom. The molecule has 19 heavy (non-hydrogen) atoms. The molecule has 4 nitrogen and oxygen atoms in total. The van der Waals surface area contributed by atoms with Crippen molar-refractivity contribution in [2.75, 3.05) is 0 Å². The lowest BCUT2D eigenvalue weighted by atomic mass is 9.75. The van der Waals surface area contributed by atoms with Gasteiger partial charge in [-0.05, 0) is 24.5 Å². The van der Waals surface area contributed by atoms with Crippen molar-refractivity contribution in [1.29, 1.82) is 0 Å². The minimum atomic E-state index is -1.84. The summed E-state index contributed by atoms with van der Waals surface area (Å²) >= 11 is 0. The van der Waals surface area contributed by atoms with E-state index in [-0.39, 0.29) is 6.42 Å². The Labute approximate surface area is 110 Å². The molecule has 0 amide bonds. The normalized spacial score (nSPS) is 17.3. The first kappa shape index (κ1) is 13.1. The first-order chi connectivity index (χ1) is 8.97. The van der Waals surface area contributed by atoms with E-state index in [0.717, 1.165) is 16.7 Å². The van der Waals surface area contributed by atoms with Gasteiger partial charge in [-0.15, -0.1) is 0 Å². The third-order valence-electron chi connectivity index (χ3n) is 3.39. The predicted molar refractivity (Wildman–Crippen MR) is 70.5 cm³/mol. The Morgan fingerprint density at radius 1 is 1.11 bits per heavy atom. The third kappa shape index (κ3) is 2.17. The molecule has 2 N–H and O–H groups in total. The molecule has 0 aliphatic heterocycles. The SMILES string of the molecule is CC1=C(c2ccccc2)C=CC(C(=O)O)(C(=O)O)C1. The molecular formula is C15H14O4. The zero-order valence-corrected chi connectivity index (χ0v) is 10.5. The lowest BCUT2D eigenvalue weighted by Crippen LogP contribution is -2.39. The van der Waals surface area contributed by atoms with Gasteiger partial charge in [-0.3, -0.25) is 9.59 Å². The van der Waals surface area contributed by atoms with Gasteiger partial charge < -0.3 is 10.2 Å². The average Bonchev–Trinajstić information content (AvgIpc) is 2.39. The van der Waals surface area contributed by atoms with Crippen LogP contribution in [0.5, 0.6) is 0 Å². The maximum Gasteiger partial charge on any atom is 0.325 e. The fourth-order valence-corrected chi connectivity index (χ4v) is 2.29. The van der Waals surface area contributed by atoms with E-state index in [4.69, 9.17) is 0 Å². The highest BCUT2D eigenvalue weighted by molar-refractivity contribution is 6.02. The largest absolute Gasteiger partial charge is 0.480 e. The molecule has 0 heterocycles. The third-order valence-corrected chi connectivity index (χ3v) is 3.39. The van der Waals surface area contributed by atoms with Gasteiger partial charge in [0.05, 0.1) is 0 Å². The van der Waals surface area contributed by atoms with Gasteiger partial charge in [-0.1, -0.05) is 48.1 Å². The Kier molecular flexibility index (Phi) is 3.25. The van der Waals surface area contributed by atoms with E-state index in [1.54, 1.807) is 13.0 Å². The molecule has 0 atom stereocenters. The number of aliphatic carboxylic acids is 2. The molecule has 1 aliphatic rings. The number of carboxylic acids is 2. The Morgan fingerprint density at radius 2 is 1.68 bits per heavy atom. The van der Waals surface area contributed by atoms with Crippen LogP contribution in [0.15, 0.2) is 48.1 Å². The van der Waals surface area contributed by atoms with Crippen LogP contribution >= 0.6 is 0 Å². The number of carboxylic acid groups (broad SMARTS) is 2. The summed E-state index contributed by atoms with van der Waals surface area (Å²) in [4.78, 5) is 22.5. The van der Waals surface area contributed by atoms with Gasteiger partial charge in [-0.2, -0.15) is 0 Å². The van der Waals surface area contributed by atoms with Crippen molar-refractivity contribution in [3.63, 3.8) is 0 Å². The van der Waals surface area contributed by atoms with Crippen LogP contribution < -0.4 is 0 Å². The summed E-state index contributed by atoms with van der Waals surface area (Å²) in [5, 5.41) is 18.4. The zero-order chi connectivity index (χ0) is 14.0. The molecule has 1 aromatic rings. The van der Waals surface area contributed by atoms with Crippen molar-refractivity contribution in [3.05, 3.63) is 53.6 Å². The summed E-state index contributed by atoms with van der Waals surface area (Å²) in [6, 6.07) is 9.50. The second-order valence-corrected chi connectivity index (χ2v) is 4.65. The summed E-state index contributed by atoms with van der Waals surface area (Å²) < 4.78 is 0. The first-order valence-electron chi connectivity index (χ1n) is 5.88. The minimum Gasteiger partial charge on any atom is -0.480 e. The standard InChI is InChI=1S/C15H14O4/c1-10-9-15(13(16)17,14(18)19)8-7-12(10)11-5-3-2-4-6-11/h2-8H,9H2,1H3,(H,16,17)(H,18,19). The highest BCUT2D eigenvalue weighted by atomic mass is 16.4. The highest BCUT2D eigenvalue weighted by Crippen LogP contribution is 2.38. The van der Waals surface area contributed by atoms with Gasteiger partial charge in [0.15, 0.2) is 5.41 Å². The van der Waals surface area contributed by atoms with E-state index in [9.17, 15) is 19.8 Å². The van der Waals surface area contributed by atoms with Crippen LogP contribution in [-0.4, -0.2) is 22.2 Å². The Bertz CT molecular complexity index is 567. The summed E-state index contributed by atoms with van der Waals surface area (Å²) in [5.41, 5.74) is 0.764. The van der Waals surface area contributed by atoms with E-state index in [1.165, 1.54) is 6.08 Å². The van der Waals surface area contributed by atoms with Gasteiger partial charge in [0.25, 0.3) is 0 Å². The summed E-state index contributed by atoms with van der Waals surface area (Å²) in [6.45, 7) is 1.77. The monoisotopic (exact) mass is 258 g/mol. The second kappa shape index (κ2) is 4.72. The number of carbonyl (C=O) groups is 2. The molecule has 1 aromatic carbocycles. The van der Waals surface area contributed by atoms with Crippen molar-refractivity contribution in [1.82, 2.24) is 0 Å². The number of allylic oxidation sites excluding steroid dienone is 3. The predicted octanol–water partition coefficient (Wildman–Crippen LogP) is 2.58. The lowest BCUT2D eigenvalue weighted by Gasteiger charge is -2.26. The molecule has 4 heteroatoms. The fourth-order valence-electron chi connectivity index (χ4n) is 2.29. The summed E-state index contributed by atoms with van der Waals surface area (Å²) in [5.74, 6) is -2.66. The average molecular weight is 258 g/mol. The molecule has 0 saturated carbocycles. The second-order valence-electron chi connectivity index (χ2n) is 4.65. The topological polar surface area (TPSA) is 74.6 Å². The molecule has 0 aromatic heterocycles. The molecule has 0 radical (unpaired) electrons. The smallest absolute Gasteiger partial charge is 0.325 e. The number of hydrogen-bond acceptors (Lipinski definition) is 2.